The molecule has 0 atom stereocenters. The molecule has 0 bridgehead atoms. The Balaban J connectivity index is 2.51. The van der Waals surface area contributed by atoms with Gasteiger partial charge >= 0.3 is 6.09 Å². The van der Waals surface area contributed by atoms with Crippen molar-refractivity contribution in [3.63, 3.8) is 0 Å². The molecule has 0 aromatic heterocycles. The van der Waals surface area contributed by atoms with E-state index >= 15 is 0 Å². The highest BCUT2D eigenvalue weighted by atomic mass is 28.3. The predicted molar refractivity (Wildman–Crippen MR) is 75.9 cm³/mol. The van der Waals surface area contributed by atoms with Crippen LogP contribution in [0.2, 0.25) is 25.7 Å². The number of nitriles is 1. The molecule has 1 aromatic rings. The molecule has 0 saturated carbocycles. The summed E-state index contributed by atoms with van der Waals surface area (Å²) in [5.41, 5.74) is 0.534. The van der Waals surface area contributed by atoms with Crippen molar-refractivity contribution in [3.05, 3.63) is 23.8 Å². The van der Waals surface area contributed by atoms with Crippen molar-refractivity contribution in [2.75, 3.05) is 11.9 Å². The van der Waals surface area contributed by atoms with Crippen molar-refractivity contribution in [3.8, 4) is 11.8 Å². The molecular formula is C13H18N2O3Si. The fourth-order valence-corrected chi connectivity index (χ4v) is 2.02. The number of carbonyl (C=O) groups excluding carboxylic acids is 1. The second-order valence-corrected chi connectivity index (χ2v) is 11.0. The monoisotopic (exact) mass is 278 g/mol. The zero-order valence-electron chi connectivity index (χ0n) is 11.4. The van der Waals surface area contributed by atoms with Gasteiger partial charge in [0.15, 0.2) is 0 Å². The van der Waals surface area contributed by atoms with Gasteiger partial charge < -0.3 is 9.84 Å². The van der Waals surface area contributed by atoms with E-state index in [1.54, 1.807) is 0 Å². The molecule has 6 heteroatoms. The number of ether oxygens (including phenoxy) is 1. The number of amides is 1. The van der Waals surface area contributed by atoms with Gasteiger partial charge in [-0.15, -0.1) is 0 Å². The van der Waals surface area contributed by atoms with Gasteiger partial charge in [0.2, 0.25) is 0 Å². The molecule has 0 saturated heterocycles. The van der Waals surface area contributed by atoms with Crippen molar-refractivity contribution in [2.45, 2.75) is 25.7 Å². The van der Waals surface area contributed by atoms with Crippen LogP contribution in [0.15, 0.2) is 18.2 Å². The highest BCUT2D eigenvalue weighted by Gasteiger charge is 2.14. The molecule has 5 nitrogen and oxygen atoms in total. The van der Waals surface area contributed by atoms with Gasteiger partial charge in [-0.1, -0.05) is 19.6 Å². The first-order chi connectivity index (χ1) is 8.81. The zero-order chi connectivity index (χ0) is 14.5. The largest absolute Gasteiger partial charge is 0.507 e. The summed E-state index contributed by atoms with van der Waals surface area (Å²) in [6.07, 6.45) is -0.548. The standard InChI is InChI=1S/C13H18N2O3Si/c1-19(2,3)7-6-18-13(17)15-11-4-5-12(16)10(8-11)9-14/h4-5,8,16H,6-7H2,1-3H3,(H,15,17). The average molecular weight is 278 g/mol. The Hall–Kier alpha value is -2.00. The Kier molecular flexibility index (Phi) is 4.95. The van der Waals surface area contributed by atoms with E-state index in [0.717, 1.165) is 6.04 Å². The lowest BCUT2D eigenvalue weighted by atomic mass is 10.2. The third kappa shape index (κ3) is 5.44. The summed E-state index contributed by atoms with van der Waals surface area (Å²) in [4.78, 5) is 11.5. The Bertz CT molecular complexity index is 504. The van der Waals surface area contributed by atoms with Gasteiger partial charge in [-0.2, -0.15) is 5.26 Å². The maximum atomic E-state index is 11.5. The van der Waals surface area contributed by atoms with E-state index in [1.807, 2.05) is 6.07 Å². The molecule has 1 aromatic carbocycles. The normalized spacial score (nSPS) is 10.6. The molecule has 0 aliphatic carbocycles. The van der Waals surface area contributed by atoms with Gasteiger partial charge in [-0.3, -0.25) is 5.32 Å². The highest BCUT2D eigenvalue weighted by Crippen LogP contribution is 2.20. The number of nitrogens with one attached hydrogen (secondary N) is 1. The van der Waals surface area contributed by atoms with E-state index in [0.29, 0.717) is 12.3 Å². The second kappa shape index (κ2) is 6.25. The van der Waals surface area contributed by atoms with Gasteiger partial charge in [0.05, 0.1) is 12.2 Å². The van der Waals surface area contributed by atoms with E-state index < -0.39 is 14.2 Å². The number of rotatable bonds is 4. The molecule has 0 fully saturated rings. The Morgan fingerprint density at radius 3 is 2.74 bits per heavy atom. The summed E-state index contributed by atoms with van der Waals surface area (Å²) < 4.78 is 5.06. The van der Waals surface area contributed by atoms with E-state index in [2.05, 4.69) is 25.0 Å². The lowest BCUT2D eigenvalue weighted by Crippen LogP contribution is -2.24. The van der Waals surface area contributed by atoms with Crippen molar-refractivity contribution in [1.29, 1.82) is 5.26 Å². The van der Waals surface area contributed by atoms with Crippen LogP contribution in [0.25, 0.3) is 0 Å². The van der Waals surface area contributed by atoms with Crippen LogP contribution in [-0.4, -0.2) is 25.9 Å². The summed E-state index contributed by atoms with van der Waals surface area (Å²) in [5, 5.41) is 20.6. The maximum Gasteiger partial charge on any atom is 0.411 e. The number of hydrogen-bond acceptors (Lipinski definition) is 4. The SMILES string of the molecule is C[Si](C)(C)CCOC(=O)Nc1ccc(O)c(C#N)c1. The molecule has 1 amide bonds. The van der Waals surface area contributed by atoms with Crippen LogP contribution in [0.4, 0.5) is 10.5 Å². The number of phenolic OH excluding ortho intramolecular Hbond substituents is 1. The fourth-order valence-electron chi connectivity index (χ4n) is 1.31. The average Bonchev–Trinajstić information content (AvgIpc) is 2.30. The first kappa shape index (κ1) is 15.1. The number of nitrogens with zero attached hydrogens (tertiary/aromatic N) is 1. The summed E-state index contributed by atoms with van der Waals surface area (Å²) in [6, 6.07) is 7.00. The van der Waals surface area contributed by atoms with Crippen LogP contribution in [-0.2, 0) is 4.74 Å². The van der Waals surface area contributed by atoms with Gasteiger partial charge in [0.1, 0.15) is 11.8 Å². The van der Waals surface area contributed by atoms with Gasteiger partial charge in [-0.25, -0.2) is 4.79 Å². The van der Waals surface area contributed by atoms with Gasteiger partial charge in [0, 0.05) is 13.8 Å². The Morgan fingerprint density at radius 1 is 1.47 bits per heavy atom. The number of benzene rings is 1. The minimum Gasteiger partial charge on any atom is -0.507 e. The predicted octanol–water partition coefficient (Wildman–Crippen LogP) is 3.15. The Labute approximate surface area is 113 Å². The first-order valence-electron chi connectivity index (χ1n) is 5.99. The molecule has 0 spiro atoms. The number of carbonyl (C=O) groups is 1. The molecule has 0 radical (unpaired) electrons. The topological polar surface area (TPSA) is 82.3 Å². The first-order valence-corrected chi connectivity index (χ1v) is 9.69. The van der Waals surface area contributed by atoms with Crippen LogP contribution < -0.4 is 5.32 Å². The van der Waals surface area contributed by atoms with Crippen LogP contribution in [0.3, 0.4) is 0 Å². The molecule has 0 heterocycles. The Morgan fingerprint density at radius 2 is 2.16 bits per heavy atom. The maximum absolute atomic E-state index is 11.5. The van der Waals surface area contributed by atoms with E-state index in [1.165, 1.54) is 18.2 Å². The van der Waals surface area contributed by atoms with E-state index in [9.17, 15) is 9.90 Å². The van der Waals surface area contributed by atoms with Crippen LogP contribution >= 0.6 is 0 Å². The van der Waals surface area contributed by atoms with E-state index in [4.69, 9.17) is 10.00 Å². The molecular weight excluding hydrogens is 260 g/mol. The molecule has 2 N–H and O–H groups in total. The van der Waals surface area contributed by atoms with Crippen LogP contribution in [0.5, 0.6) is 5.75 Å². The van der Waals surface area contributed by atoms with Gasteiger partial charge in [0.25, 0.3) is 0 Å². The smallest absolute Gasteiger partial charge is 0.411 e. The number of anilines is 1. The summed E-state index contributed by atoms with van der Waals surface area (Å²) in [5.74, 6) is -0.111. The molecule has 0 unspecified atom stereocenters. The lowest BCUT2D eigenvalue weighted by Gasteiger charge is -2.15. The van der Waals surface area contributed by atoms with Crippen molar-refractivity contribution in [2.24, 2.45) is 0 Å². The quantitative estimate of drug-likeness (QED) is 0.654. The molecule has 0 aliphatic heterocycles. The molecule has 102 valence electrons. The summed E-state index contributed by atoms with van der Waals surface area (Å²) >= 11 is 0. The molecule has 19 heavy (non-hydrogen) atoms. The summed E-state index contributed by atoms with van der Waals surface area (Å²) in [6.45, 7) is 7.00. The van der Waals surface area contributed by atoms with Crippen molar-refractivity contribution in [1.82, 2.24) is 0 Å². The number of hydrogen-bond donors (Lipinski definition) is 2. The minimum atomic E-state index is -1.22. The van der Waals surface area contributed by atoms with Crippen LogP contribution in [0.1, 0.15) is 5.56 Å². The second-order valence-electron chi connectivity index (χ2n) is 5.42. The third-order valence-corrected chi connectivity index (χ3v) is 4.15. The van der Waals surface area contributed by atoms with Crippen LogP contribution in [0, 0.1) is 11.3 Å². The number of aromatic hydroxyl groups is 1. The summed E-state index contributed by atoms with van der Waals surface area (Å²) in [7, 11) is -1.22. The van der Waals surface area contributed by atoms with Gasteiger partial charge in [-0.05, 0) is 24.2 Å². The molecule has 1 rings (SSSR count). The zero-order valence-corrected chi connectivity index (χ0v) is 12.4. The third-order valence-electron chi connectivity index (χ3n) is 2.45. The van der Waals surface area contributed by atoms with E-state index in [-0.39, 0.29) is 11.3 Å². The highest BCUT2D eigenvalue weighted by molar-refractivity contribution is 6.76. The number of phenols is 1. The fraction of sp³-hybridized carbons (Fsp3) is 0.385. The minimum absolute atomic E-state index is 0.111. The lowest BCUT2D eigenvalue weighted by molar-refractivity contribution is 0.167. The van der Waals surface area contributed by atoms with Crippen molar-refractivity contribution >= 4 is 19.9 Å². The van der Waals surface area contributed by atoms with Crippen molar-refractivity contribution < 1.29 is 14.6 Å². The molecule has 0 aliphatic rings.